The van der Waals surface area contributed by atoms with Crippen molar-refractivity contribution in [1.82, 2.24) is 24.4 Å². The average Bonchev–Trinajstić information content (AvgIpc) is 3.25. The summed E-state index contributed by atoms with van der Waals surface area (Å²) >= 11 is 0. The predicted molar refractivity (Wildman–Crippen MR) is 150 cm³/mol. The number of anilines is 3. The summed E-state index contributed by atoms with van der Waals surface area (Å²) in [5.41, 5.74) is 7.95. The molecule has 0 atom stereocenters. The molecule has 196 valence electrons. The number of ether oxygens (including phenoxy) is 1. The summed E-state index contributed by atoms with van der Waals surface area (Å²) in [6, 6.07) is 6.62. The number of piperazine rings is 1. The summed E-state index contributed by atoms with van der Waals surface area (Å²) in [7, 11) is 3.75. The number of benzene rings is 1. The summed E-state index contributed by atoms with van der Waals surface area (Å²) in [6.07, 6.45) is 5.99. The number of nitrogens with zero attached hydrogens (tertiary/aromatic N) is 6. The molecule has 3 aromatic rings. The maximum absolute atomic E-state index is 5.46. The fourth-order valence-electron chi connectivity index (χ4n) is 5.21. The zero-order valence-electron chi connectivity index (χ0n) is 23.2. The first-order chi connectivity index (χ1) is 17.6. The quantitative estimate of drug-likeness (QED) is 0.500. The summed E-state index contributed by atoms with van der Waals surface area (Å²) in [4.78, 5) is 19.3. The number of methoxy groups -OCH3 is 1. The highest BCUT2D eigenvalue weighted by Crippen LogP contribution is 2.32. The van der Waals surface area contributed by atoms with Crippen LogP contribution in [-0.4, -0.2) is 57.7 Å². The zero-order valence-corrected chi connectivity index (χ0v) is 23.2. The minimum absolute atomic E-state index is 0.0650. The number of aryl methyl sites for hydroxylation is 2. The van der Waals surface area contributed by atoms with Gasteiger partial charge in [0.1, 0.15) is 5.52 Å². The molecule has 37 heavy (non-hydrogen) atoms. The minimum atomic E-state index is 0.0650. The van der Waals surface area contributed by atoms with Gasteiger partial charge in [0.2, 0.25) is 5.95 Å². The van der Waals surface area contributed by atoms with E-state index in [4.69, 9.17) is 14.7 Å². The van der Waals surface area contributed by atoms with Crippen molar-refractivity contribution in [2.24, 2.45) is 7.05 Å². The normalized spacial score (nSPS) is 16.9. The molecule has 0 saturated carbocycles. The van der Waals surface area contributed by atoms with Gasteiger partial charge in [0.25, 0.3) is 0 Å². The van der Waals surface area contributed by atoms with Gasteiger partial charge in [0, 0.05) is 51.0 Å². The van der Waals surface area contributed by atoms with Crippen LogP contribution in [0.4, 0.5) is 17.5 Å². The van der Waals surface area contributed by atoms with E-state index in [1.165, 1.54) is 22.4 Å². The van der Waals surface area contributed by atoms with Gasteiger partial charge < -0.3 is 24.4 Å². The number of rotatable bonds is 5. The minimum Gasteiger partial charge on any atom is -0.501 e. The molecule has 1 N–H and O–H groups in total. The Hall–Kier alpha value is -3.55. The lowest BCUT2D eigenvalue weighted by molar-refractivity contribution is 0.259. The maximum Gasteiger partial charge on any atom is 0.229 e. The van der Waals surface area contributed by atoms with Crippen LogP contribution in [0.15, 0.2) is 47.6 Å². The van der Waals surface area contributed by atoms with Crippen molar-refractivity contribution in [3.8, 4) is 0 Å². The van der Waals surface area contributed by atoms with E-state index >= 15 is 0 Å². The van der Waals surface area contributed by atoms with Crippen molar-refractivity contribution in [2.75, 3.05) is 43.5 Å². The Morgan fingerprint density at radius 3 is 2.38 bits per heavy atom. The smallest absolute Gasteiger partial charge is 0.229 e. The monoisotopic (exact) mass is 501 g/mol. The molecule has 3 heterocycles. The predicted octanol–water partition coefficient (Wildman–Crippen LogP) is 5.43. The number of hydrogen-bond donors (Lipinski definition) is 1. The largest absolute Gasteiger partial charge is 0.501 e. The molecule has 0 bridgehead atoms. The Bertz CT molecular complexity index is 1370. The second kappa shape index (κ2) is 9.72. The number of allylic oxidation sites excluding steroid dienone is 4. The van der Waals surface area contributed by atoms with Crippen LogP contribution >= 0.6 is 0 Å². The molecule has 0 radical (unpaired) electrons. The fraction of sp³-hybridized carbons (Fsp3) is 0.483. The Morgan fingerprint density at radius 2 is 1.70 bits per heavy atom. The molecule has 1 fully saturated rings. The van der Waals surface area contributed by atoms with Gasteiger partial charge in [-0.2, -0.15) is 9.97 Å². The number of imidazole rings is 1. The molecule has 0 unspecified atom stereocenters. The molecule has 1 aliphatic carbocycles. The van der Waals surface area contributed by atoms with E-state index in [2.05, 4.69) is 79.0 Å². The van der Waals surface area contributed by atoms with Crippen LogP contribution in [0.1, 0.15) is 51.7 Å². The topological polar surface area (TPSA) is 71.3 Å². The molecule has 0 amide bonds. The van der Waals surface area contributed by atoms with Gasteiger partial charge in [0.05, 0.1) is 19.2 Å². The van der Waals surface area contributed by atoms with E-state index in [0.717, 1.165) is 67.8 Å². The molecule has 0 spiro atoms. The second-order valence-corrected chi connectivity index (χ2v) is 11.2. The SMILES string of the molecule is COC1=CC(C)=C(N2CCN(c3nc(Nc4cc(C(C)(C)C)ccc4C)c4c(ncn4C)n3)CC2)CC1. The van der Waals surface area contributed by atoms with Gasteiger partial charge >= 0.3 is 0 Å². The van der Waals surface area contributed by atoms with Gasteiger partial charge in [-0.1, -0.05) is 32.9 Å². The lowest BCUT2D eigenvalue weighted by atomic mass is 9.86. The summed E-state index contributed by atoms with van der Waals surface area (Å²) < 4.78 is 7.45. The van der Waals surface area contributed by atoms with Crippen molar-refractivity contribution >= 4 is 28.6 Å². The third-order valence-electron chi connectivity index (χ3n) is 7.56. The molecule has 1 aromatic carbocycles. The fourth-order valence-corrected chi connectivity index (χ4v) is 5.21. The number of fused-ring (bicyclic) bond motifs is 1. The Labute approximate surface area is 220 Å². The van der Waals surface area contributed by atoms with Crippen molar-refractivity contribution in [2.45, 2.75) is 52.9 Å². The number of hydrogen-bond acceptors (Lipinski definition) is 7. The first kappa shape index (κ1) is 25.1. The standard InChI is InChI=1S/C29H39N7O/c1-19-8-9-21(29(3,4)5)17-23(19)31-27-25-26(30-18-34(25)6)32-28(33-27)36-14-12-35(13-15-36)24-11-10-22(37-7)16-20(24)2/h8-9,16-18H,10-15H2,1-7H3,(H,31,32,33). The van der Waals surface area contributed by atoms with E-state index in [1.807, 2.05) is 17.9 Å². The van der Waals surface area contributed by atoms with Crippen molar-refractivity contribution in [3.63, 3.8) is 0 Å². The Morgan fingerprint density at radius 1 is 0.973 bits per heavy atom. The van der Waals surface area contributed by atoms with E-state index in [1.54, 1.807) is 7.11 Å². The summed E-state index contributed by atoms with van der Waals surface area (Å²) in [6.45, 7) is 14.7. The highest BCUT2D eigenvalue weighted by molar-refractivity contribution is 5.87. The van der Waals surface area contributed by atoms with Gasteiger partial charge in [0.15, 0.2) is 11.5 Å². The molecule has 8 heteroatoms. The molecule has 5 rings (SSSR count). The molecular weight excluding hydrogens is 462 g/mol. The van der Waals surface area contributed by atoms with Gasteiger partial charge in [-0.25, -0.2) is 4.98 Å². The van der Waals surface area contributed by atoms with E-state index in [-0.39, 0.29) is 5.41 Å². The first-order valence-electron chi connectivity index (χ1n) is 13.2. The van der Waals surface area contributed by atoms with E-state index in [9.17, 15) is 0 Å². The number of nitrogens with one attached hydrogen (secondary N) is 1. The molecule has 2 aromatic heterocycles. The zero-order chi connectivity index (χ0) is 26.3. The van der Waals surface area contributed by atoms with Crippen LogP contribution in [-0.2, 0) is 17.2 Å². The third kappa shape index (κ3) is 5.02. The molecular formula is C29H39N7O. The van der Waals surface area contributed by atoms with Gasteiger partial charge in [-0.05, 0) is 54.5 Å². The first-order valence-corrected chi connectivity index (χ1v) is 13.2. The van der Waals surface area contributed by atoms with Crippen LogP contribution in [0.25, 0.3) is 11.2 Å². The second-order valence-electron chi connectivity index (χ2n) is 11.2. The average molecular weight is 502 g/mol. The van der Waals surface area contributed by atoms with E-state index in [0.29, 0.717) is 5.65 Å². The highest BCUT2D eigenvalue weighted by Gasteiger charge is 2.25. The van der Waals surface area contributed by atoms with Crippen LogP contribution in [0.3, 0.4) is 0 Å². The van der Waals surface area contributed by atoms with Crippen molar-refractivity contribution < 1.29 is 4.74 Å². The van der Waals surface area contributed by atoms with Crippen LogP contribution in [0.5, 0.6) is 0 Å². The van der Waals surface area contributed by atoms with Crippen LogP contribution in [0, 0.1) is 6.92 Å². The summed E-state index contributed by atoms with van der Waals surface area (Å²) in [5.74, 6) is 2.59. The van der Waals surface area contributed by atoms with Crippen LogP contribution < -0.4 is 10.2 Å². The van der Waals surface area contributed by atoms with Crippen molar-refractivity contribution in [1.29, 1.82) is 0 Å². The lowest BCUT2D eigenvalue weighted by Gasteiger charge is -2.39. The van der Waals surface area contributed by atoms with Crippen LogP contribution in [0.2, 0.25) is 0 Å². The number of aromatic nitrogens is 4. The molecule has 1 aliphatic heterocycles. The highest BCUT2D eigenvalue weighted by atomic mass is 16.5. The van der Waals surface area contributed by atoms with Gasteiger partial charge in [-0.3, -0.25) is 0 Å². The van der Waals surface area contributed by atoms with E-state index < -0.39 is 0 Å². The van der Waals surface area contributed by atoms with Crippen molar-refractivity contribution in [3.05, 3.63) is 58.8 Å². The molecule has 8 nitrogen and oxygen atoms in total. The van der Waals surface area contributed by atoms with Gasteiger partial charge in [-0.15, -0.1) is 0 Å². The lowest BCUT2D eigenvalue weighted by Crippen LogP contribution is -2.47. The Balaban J connectivity index is 1.41. The maximum atomic E-state index is 5.46. The Kier molecular flexibility index (Phi) is 6.60. The molecule has 1 saturated heterocycles. The molecule has 2 aliphatic rings. The third-order valence-corrected chi connectivity index (χ3v) is 7.56. The summed E-state index contributed by atoms with van der Waals surface area (Å²) in [5, 5.41) is 3.64.